The van der Waals surface area contributed by atoms with Crippen molar-refractivity contribution < 1.29 is 9.53 Å². The van der Waals surface area contributed by atoms with Gasteiger partial charge in [0.2, 0.25) is 0 Å². The Morgan fingerprint density at radius 3 is 2.76 bits per heavy atom. The molecule has 0 aliphatic carbocycles. The highest BCUT2D eigenvalue weighted by molar-refractivity contribution is 5.85. The average molecular weight is 338 g/mol. The van der Waals surface area contributed by atoms with E-state index in [9.17, 15) is 10.1 Å². The Kier molecular flexibility index (Phi) is 5.13. The van der Waals surface area contributed by atoms with Crippen molar-refractivity contribution in [2.45, 2.75) is 32.6 Å². The summed E-state index contributed by atoms with van der Waals surface area (Å²) in [5, 5.41) is 9.59. The van der Waals surface area contributed by atoms with Crippen LogP contribution in [0.3, 0.4) is 0 Å². The molecule has 1 aromatic carbocycles. The van der Waals surface area contributed by atoms with Gasteiger partial charge < -0.3 is 9.64 Å². The van der Waals surface area contributed by atoms with Crippen LogP contribution < -0.4 is 4.90 Å². The quantitative estimate of drug-likeness (QED) is 0.797. The number of carbonyl (C=O) groups is 1. The molecule has 6 nitrogen and oxygen atoms in total. The third-order valence-electron chi connectivity index (χ3n) is 4.46. The molecule has 0 radical (unpaired) electrons. The zero-order valence-electron chi connectivity index (χ0n) is 14.6. The molecule has 25 heavy (non-hydrogen) atoms. The first-order valence-electron chi connectivity index (χ1n) is 8.72. The standard InChI is InChI=1S/C19H22N4O2/c1-3-25-19(24)14(11-20)17-18(23-10-6-7-13(2)12-23)22-16-9-5-4-8-15(16)21-17/h4-5,8-9,13-14H,3,6-7,10,12H2,1-2H3. The lowest BCUT2D eigenvalue weighted by Crippen LogP contribution is -2.36. The number of benzene rings is 1. The van der Waals surface area contributed by atoms with E-state index >= 15 is 0 Å². The molecule has 1 aromatic heterocycles. The van der Waals surface area contributed by atoms with Gasteiger partial charge in [0.05, 0.1) is 23.7 Å². The number of anilines is 1. The van der Waals surface area contributed by atoms with Gasteiger partial charge in [-0.3, -0.25) is 4.79 Å². The molecule has 6 heteroatoms. The summed E-state index contributed by atoms with van der Waals surface area (Å²) in [4.78, 5) is 23.8. The lowest BCUT2D eigenvalue weighted by atomic mass is 9.99. The van der Waals surface area contributed by atoms with E-state index in [0.717, 1.165) is 25.0 Å². The Hall–Kier alpha value is -2.68. The van der Waals surface area contributed by atoms with Crippen LogP contribution in [0, 0.1) is 17.2 Å². The number of piperidine rings is 1. The Morgan fingerprint density at radius 1 is 1.40 bits per heavy atom. The van der Waals surface area contributed by atoms with Crippen LogP contribution >= 0.6 is 0 Å². The minimum atomic E-state index is -1.07. The zero-order chi connectivity index (χ0) is 17.8. The van der Waals surface area contributed by atoms with Crippen LogP contribution in [0.15, 0.2) is 24.3 Å². The second kappa shape index (κ2) is 7.47. The monoisotopic (exact) mass is 338 g/mol. The van der Waals surface area contributed by atoms with E-state index in [0.29, 0.717) is 22.9 Å². The molecule has 1 aliphatic heterocycles. The number of esters is 1. The van der Waals surface area contributed by atoms with Crippen molar-refractivity contribution in [3.63, 3.8) is 0 Å². The van der Waals surface area contributed by atoms with Crippen molar-refractivity contribution in [2.75, 3.05) is 24.6 Å². The first kappa shape index (κ1) is 17.2. The summed E-state index contributed by atoms with van der Waals surface area (Å²) in [6.07, 6.45) is 2.23. The maximum absolute atomic E-state index is 12.3. The van der Waals surface area contributed by atoms with Crippen molar-refractivity contribution in [1.82, 2.24) is 9.97 Å². The van der Waals surface area contributed by atoms with Gasteiger partial charge in [0.15, 0.2) is 11.7 Å². The van der Waals surface area contributed by atoms with Crippen molar-refractivity contribution in [3.05, 3.63) is 30.0 Å². The fourth-order valence-electron chi connectivity index (χ4n) is 3.26. The molecule has 0 bridgehead atoms. The molecular weight excluding hydrogens is 316 g/mol. The fraction of sp³-hybridized carbons (Fsp3) is 0.474. The van der Waals surface area contributed by atoms with Crippen LogP contribution in [0.25, 0.3) is 11.0 Å². The van der Waals surface area contributed by atoms with Crippen molar-refractivity contribution >= 4 is 22.8 Å². The second-order valence-electron chi connectivity index (χ2n) is 6.43. The smallest absolute Gasteiger partial charge is 0.329 e. The third-order valence-corrected chi connectivity index (χ3v) is 4.46. The molecular formula is C19H22N4O2. The predicted molar refractivity (Wildman–Crippen MR) is 95.1 cm³/mol. The van der Waals surface area contributed by atoms with Gasteiger partial charge in [-0.1, -0.05) is 19.1 Å². The molecule has 2 unspecified atom stereocenters. The minimum Gasteiger partial charge on any atom is -0.465 e. The lowest BCUT2D eigenvalue weighted by Gasteiger charge is -2.33. The normalized spacial score (nSPS) is 18.6. The average Bonchev–Trinajstić information content (AvgIpc) is 2.62. The van der Waals surface area contributed by atoms with Gasteiger partial charge in [-0.2, -0.15) is 5.26 Å². The fourth-order valence-corrected chi connectivity index (χ4v) is 3.26. The van der Waals surface area contributed by atoms with Crippen LogP contribution in [-0.4, -0.2) is 35.6 Å². The van der Waals surface area contributed by atoms with Crippen molar-refractivity contribution in [3.8, 4) is 6.07 Å². The van der Waals surface area contributed by atoms with Gasteiger partial charge in [-0.15, -0.1) is 0 Å². The molecule has 1 aliphatic rings. The van der Waals surface area contributed by atoms with Crippen LogP contribution in [0.2, 0.25) is 0 Å². The predicted octanol–water partition coefficient (Wildman–Crippen LogP) is 3.04. The number of hydrogen-bond donors (Lipinski definition) is 0. The van der Waals surface area contributed by atoms with E-state index in [1.165, 1.54) is 6.42 Å². The molecule has 2 heterocycles. The number of fused-ring (bicyclic) bond motifs is 1. The van der Waals surface area contributed by atoms with E-state index in [1.54, 1.807) is 6.92 Å². The van der Waals surface area contributed by atoms with E-state index in [4.69, 9.17) is 9.72 Å². The highest BCUT2D eigenvalue weighted by Gasteiger charge is 2.31. The van der Waals surface area contributed by atoms with Crippen LogP contribution in [0.5, 0.6) is 0 Å². The summed E-state index contributed by atoms with van der Waals surface area (Å²) in [5.41, 5.74) is 1.84. The van der Waals surface area contributed by atoms with Crippen LogP contribution in [-0.2, 0) is 9.53 Å². The van der Waals surface area contributed by atoms with Gasteiger partial charge in [-0.05, 0) is 37.8 Å². The summed E-state index contributed by atoms with van der Waals surface area (Å²) in [5.74, 6) is -0.465. The lowest BCUT2D eigenvalue weighted by molar-refractivity contribution is -0.143. The van der Waals surface area contributed by atoms with Crippen molar-refractivity contribution in [2.24, 2.45) is 5.92 Å². The number of para-hydroxylation sites is 2. The number of carbonyl (C=O) groups excluding carboxylic acids is 1. The molecule has 1 fully saturated rings. The van der Waals surface area contributed by atoms with Gasteiger partial charge >= 0.3 is 5.97 Å². The topological polar surface area (TPSA) is 79.1 Å². The zero-order valence-corrected chi connectivity index (χ0v) is 14.6. The van der Waals surface area contributed by atoms with Gasteiger partial charge in [-0.25, -0.2) is 9.97 Å². The highest BCUT2D eigenvalue weighted by Crippen LogP contribution is 2.30. The number of ether oxygens (including phenoxy) is 1. The van der Waals surface area contributed by atoms with E-state index in [-0.39, 0.29) is 6.61 Å². The molecule has 0 N–H and O–H groups in total. The molecule has 0 saturated carbocycles. The molecule has 130 valence electrons. The number of nitriles is 1. The van der Waals surface area contributed by atoms with Crippen LogP contribution in [0.1, 0.15) is 38.3 Å². The first-order valence-corrected chi connectivity index (χ1v) is 8.72. The summed E-state index contributed by atoms with van der Waals surface area (Å²) in [7, 11) is 0. The summed E-state index contributed by atoms with van der Waals surface area (Å²) in [6, 6.07) is 9.57. The van der Waals surface area contributed by atoms with Crippen molar-refractivity contribution in [1.29, 1.82) is 5.26 Å². The number of nitrogens with zero attached hydrogens (tertiary/aromatic N) is 4. The molecule has 2 aromatic rings. The van der Waals surface area contributed by atoms with E-state index < -0.39 is 11.9 Å². The molecule has 0 amide bonds. The Morgan fingerprint density at radius 2 is 2.12 bits per heavy atom. The highest BCUT2D eigenvalue weighted by atomic mass is 16.5. The number of hydrogen-bond acceptors (Lipinski definition) is 6. The Labute approximate surface area is 147 Å². The maximum Gasteiger partial charge on any atom is 0.329 e. The SMILES string of the molecule is CCOC(=O)C(C#N)c1nc2ccccc2nc1N1CCCC(C)C1. The van der Waals surface area contributed by atoms with E-state index in [2.05, 4.69) is 22.9 Å². The van der Waals surface area contributed by atoms with Gasteiger partial charge in [0.25, 0.3) is 0 Å². The molecule has 1 saturated heterocycles. The summed E-state index contributed by atoms with van der Waals surface area (Å²) in [6.45, 7) is 5.86. The summed E-state index contributed by atoms with van der Waals surface area (Å²) < 4.78 is 5.08. The molecule has 3 rings (SSSR count). The van der Waals surface area contributed by atoms with Gasteiger partial charge in [0, 0.05) is 13.1 Å². The Bertz CT molecular complexity index is 815. The van der Waals surface area contributed by atoms with Crippen LogP contribution in [0.4, 0.5) is 5.82 Å². The Balaban J connectivity index is 2.12. The minimum absolute atomic E-state index is 0.230. The third kappa shape index (κ3) is 3.55. The number of aromatic nitrogens is 2. The molecule has 0 spiro atoms. The van der Waals surface area contributed by atoms with E-state index in [1.807, 2.05) is 24.3 Å². The summed E-state index contributed by atoms with van der Waals surface area (Å²) >= 11 is 0. The molecule has 2 atom stereocenters. The first-order chi connectivity index (χ1) is 12.1. The second-order valence-corrected chi connectivity index (χ2v) is 6.43. The van der Waals surface area contributed by atoms with Gasteiger partial charge in [0.1, 0.15) is 5.69 Å². The largest absolute Gasteiger partial charge is 0.465 e. The maximum atomic E-state index is 12.3. The number of rotatable bonds is 4.